The molecule has 2 N–H and O–H groups in total. The number of alkyl carbamates (subject to hydrolysis) is 1. The molecule has 1 aromatic heterocycles. The zero-order valence-electron chi connectivity index (χ0n) is 15.1. The maximum Gasteiger partial charge on any atom is 0.407 e. The number of ether oxygens (including phenoxy) is 2. The maximum absolute atomic E-state index is 12.0. The quantitative estimate of drug-likeness (QED) is 0.777. The molecule has 1 aromatic carbocycles. The summed E-state index contributed by atoms with van der Waals surface area (Å²) in [7, 11) is 0. The van der Waals surface area contributed by atoms with Gasteiger partial charge in [-0.25, -0.2) is 4.79 Å². The molecule has 0 spiro atoms. The van der Waals surface area contributed by atoms with Crippen LogP contribution in [0.5, 0.6) is 0 Å². The Labute approximate surface area is 157 Å². The fourth-order valence-electron chi connectivity index (χ4n) is 2.85. The molecule has 8 heteroatoms. The fourth-order valence-corrected chi connectivity index (χ4v) is 2.85. The predicted molar refractivity (Wildman–Crippen MR) is 99.0 cm³/mol. The van der Waals surface area contributed by atoms with E-state index in [0.29, 0.717) is 11.6 Å². The van der Waals surface area contributed by atoms with Crippen LogP contribution in [0.25, 0.3) is 0 Å². The van der Waals surface area contributed by atoms with Gasteiger partial charge in [0.05, 0.1) is 11.9 Å². The summed E-state index contributed by atoms with van der Waals surface area (Å²) in [5, 5.41) is 9.41. The van der Waals surface area contributed by atoms with Gasteiger partial charge in [-0.2, -0.15) is 5.10 Å². The molecule has 0 radical (unpaired) electrons. The van der Waals surface area contributed by atoms with E-state index in [1.54, 1.807) is 12.4 Å². The number of aromatic nitrogens is 2. The summed E-state index contributed by atoms with van der Waals surface area (Å²) in [4.78, 5) is 23.6. The number of carbonyl (C=O) groups excluding carboxylic acids is 2. The summed E-state index contributed by atoms with van der Waals surface area (Å²) in [6.45, 7) is 2.39. The highest BCUT2D eigenvalue weighted by atomic mass is 16.5. The third-order valence-electron chi connectivity index (χ3n) is 4.31. The average Bonchev–Trinajstić information content (AvgIpc) is 3.13. The van der Waals surface area contributed by atoms with Gasteiger partial charge in [0.25, 0.3) is 0 Å². The topological polar surface area (TPSA) is 94.5 Å². The van der Waals surface area contributed by atoms with Gasteiger partial charge in [-0.3, -0.25) is 9.48 Å². The third kappa shape index (κ3) is 6.41. The molecule has 2 heterocycles. The number of amides is 2. The van der Waals surface area contributed by atoms with Gasteiger partial charge in [-0.1, -0.05) is 30.3 Å². The molecule has 0 atom stereocenters. The van der Waals surface area contributed by atoms with Crippen LogP contribution in [0.2, 0.25) is 0 Å². The van der Waals surface area contributed by atoms with Crippen LogP contribution >= 0.6 is 0 Å². The van der Waals surface area contributed by atoms with Crippen LogP contribution in [0.1, 0.15) is 18.4 Å². The summed E-state index contributed by atoms with van der Waals surface area (Å²) in [5.74, 6) is 0.209. The highest BCUT2D eigenvalue weighted by Crippen LogP contribution is 2.17. The second-order valence-corrected chi connectivity index (χ2v) is 6.47. The predicted octanol–water partition coefficient (Wildman–Crippen LogP) is 2.17. The van der Waals surface area contributed by atoms with Crippen LogP contribution in [0.4, 0.5) is 10.5 Å². The van der Waals surface area contributed by atoms with E-state index in [2.05, 4.69) is 15.7 Å². The summed E-state index contributed by atoms with van der Waals surface area (Å²) in [6, 6.07) is 9.34. The largest absolute Gasteiger partial charge is 0.445 e. The van der Waals surface area contributed by atoms with Crippen molar-refractivity contribution in [1.29, 1.82) is 0 Å². The molecular weight excluding hydrogens is 348 g/mol. The molecular formula is C19H24N4O4. The minimum absolute atomic E-state index is 0.160. The van der Waals surface area contributed by atoms with Gasteiger partial charge in [0.2, 0.25) is 5.91 Å². The first kappa shape index (κ1) is 18.9. The number of nitrogens with one attached hydrogen (secondary N) is 2. The number of rotatable bonds is 7. The van der Waals surface area contributed by atoms with Gasteiger partial charge in [0.1, 0.15) is 13.2 Å². The molecule has 0 aliphatic carbocycles. The Balaban J connectivity index is 1.35. The monoisotopic (exact) mass is 372 g/mol. The lowest BCUT2D eigenvalue weighted by atomic mass is 10.0. The average molecular weight is 372 g/mol. The van der Waals surface area contributed by atoms with E-state index in [-0.39, 0.29) is 19.1 Å². The van der Waals surface area contributed by atoms with Crippen molar-refractivity contribution in [3.8, 4) is 0 Å². The zero-order chi connectivity index (χ0) is 18.9. The number of nitrogens with zero attached hydrogens (tertiary/aromatic N) is 2. The smallest absolute Gasteiger partial charge is 0.407 e. The number of hydrogen-bond acceptors (Lipinski definition) is 5. The second-order valence-electron chi connectivity index (χ2n) is 6.47. The minimum Gasteiger partial charge on any atom is -0.445 e. The molecule has 0 saturated carbocycles. The molecule has 3 rings (SSSR count). The van der Waals surface area contributed by atoms with Crippen molar-refractivity contribution in [3.63, 3.8) is 0 Å². The lowest BCUT2D eigenvalue weighted by Gasteiger charge is -2.21. The lowest BCUT2D eigenvalue weighted by Crippen LogP contribution is -2.33. The summed E-state index contributed by atoms with van der Waals surface area (Å²) < 4.78 is 12.2. The highest BCUT2D eigenvalue weighted by molar-refractivity contribution is 5.93. The SMILES string of the molecule is O=C(CNC(=O)OCc1ccccc1)Nc1cnn(CC2CCOCC2)c1. The number of benzene rings is 1. The van der Waals surface area contributed by atoms with Crippen molar-refractivity contribution in [2.24, 2.45) is 5.92 Å². The van der Waals surface area contributed by atoms with E-state index in [0.717, 1.165) is 38.2 Å². The maximum atomic E-state index is 12.0. The molecule has 0 unspecified atom stereocenters. The first-order valence-electron chi connectivity index (χ1n) is 9.03. The molecule has 0 bridgehead atoms. The lowest BCUT2D eigenvalue weighted by molar-refractivity contribution is -0.115. The van der Waals surface area contributed by atoms with E-state index in [1.807, 2.05) is 35.0 Å². The number of anilines is 1. The standard InChI is InChI=1S/C19H24N4O4/c24-18(11-20-19(25)27-14-16-4-2-1-3-5-16)22-17-10-21-23(13-17)12-15-6-8-26-9-7-15/h1-5,10,13,15H,6-9,11-12,14H2,(H,20,25)(H,22,24). The molecule has 1 fully saturated rings. The first-order valence-corrected chi connectivity index (χ1v) is 9.03. The minimum atomic E-state index is -0.635. The Morgan fingerprint density at radius 2 is 2.00 bits per heavy atom. The van der Waals surface area contributed by atoms with E-state index < -0.39 is 6.09 Å². The molecule has 8 nitrogen and oxygen atoms in total. The van der Waals surface area contributed by atoms with E-state index in [4.69, 9.17) is 9.47 Å². The van der Waals surface area contributed by atoms with Crippen LogP contribution in [0, 0.1) is 5.92 Å². The van der Waals surface area contributed by atoms with Gasteiger partial charge in [0.15, 0.2) is 0 Å². The van der Waals surface area contributed by atoms with Crippen molar-refractivity contribution >= 4 is 17.7 Å². The van der Waals surface area contributed by atoms with Crippen LogP contribution in [0.15, 0.2) is 42.7 Å². The Hall–Kier alpha value is -2.87. The molecule has 1 aliphatic rings. The van der Waals surface area contributed by atoms with Crippen molar-refractivity contribution in [2.45, 2.75) is 26.0 Å². The van der Waals surface area contributed by atoms with Crippen LogP contribution in [0.3, 0.4) is 0 Å². The van der Waals surface area contributed by atoms with Crippen LogP contribution in [-0.4, -0.2) is 41.5 Å². The van der Waals surface area contributed by atoms with E-state index >= 15 is 0 Å². The van der Waals surface area contributed by atoms with Crippen LogP contribution < -0.4 is 10.6 Å². The summed E-state index contributed by atoms with van der Waals surface area (Å²) in [6.07, 6.45) is 4.81. The van der Waals surface area contributed by atoms with Crippen molar-refractivity contribution in [3.05, 3.63) is 48.3 Å². The number of hydrogen-bond donors (Lipinski definition) is 2. The Morgan fingerprint density at radius 1 is 1.22 bits per heavy atom. The number of carbonyl (C=O) groups is 2. The molecule has 144 valence electrons. The molecule has 1 aliphatic heterocycles. The Morgan fingerprint density at radius 3 is 2.78 bits per heavy atom. The van der Waals surface area contributed by atoms with Crippen LogP contribution in [-0.2, 0) is 27.4 Å². The van der Waals surface area contributed by atoms with Crippen molar-refractivity contribution in [1.82, 2.24) is 15.1 Å². The third-order valence-corrected chi connectivity index (χ3v) is 4.31. The van der Waals surface area contributed by atoms with E-state index in [1.165, 1.54) is 0 Å². The highest BCUT2D eigenvalue weighted by Gasteiger charge is 2.15. The zero-order valence-corrected chi connectivity index (χ0v) is 15.1. The normalized spacial score (nSPS) is 14.5. The summed E-state index contributed by atoms with van der Waals surface area (Å²) >= 11 is 0. The van der Waals surface area contributed by atoms with E-state index in [9.17, 15) is 9.59 Å². The van der Waals surface area contributed by atoms with Gasteiger partial charge >= 0.3 is 6.09 Å². The van der Waals surface area contributed by atoms with Gasteiger partial charge in [0, 0.05) is 26.0 Å². The van der Waals surface area contributed by atoms with Gasteiger partial charge < -0.3 is 20.1 Å². The van der Waals surface area contributed by atoms with Gasteiger partial charge in [-0.15, -0.1) is 0 Å². The van der Waals surface area contributed by atoms with Crippen molar-refractivity contribution in [2.75, 3.05) is 25.1 Å². The van der Waals surface area contributed by atoms with Gasteiger partial charge in [-0.05, 0) is 24.3 Å². The molecule has 2 aromatic rings. The second kappa shape index (κ2) is 9.72. The molecule has 27 heavy (non-hydrogen) atoms. The summed E-state index contributed by atoms with van der Waals surface area (Å²) in [5.41, 5.74) is 1.49. The molecule has 1 saturated heterocycles. The van der Waals surface area contributed by atoms with Crippen molar-refractivity contribution < 1.29 is 19.1 Å². The Bertz CT molecular complexity index is 741. The molecule has 2 amide bonds. The first-order chi connectivity index (χ1) is 13.2. The fraction of sp³-hybridized carbons (Fsp3) is 0.421. The Kier molecular flexibility index (Phi) is 6.81.